The van der Waals surface area contributed by atoms with E-state index in [9.17, 15) is 5.11 Å². The van der Waals surface area contributed by atoms with Crippen LogP contribution < -0.4 is 10.6 Å². The van der Waals surface area contributed by atoms with Gasteiger partial charge in [-0.2, -0.15) is 0 Å². The first-order valence-electron chi connectivity index (χ1n) is 6.55. The summed E-state index contributed by atoms with van der Waals surface area (Å²) in [6.07, 6.45) is 2.86. The summed E-state index contributed by atoms with van der Waals surface area (Å²) >= 11 is 0. The van der Waals surface area contributed by atoms with Gasteiger partial charge in [-0.25, -0.2) is 9.97 Å². The van der Waals surface area contributed by atoms with Crippen molar-refractivity contribution in [3.8, 4) is 0 Å². The van der Waals surface area contributed by atoms with Crippen LogP contribution in [0, 0.1) is 0 Å². The Kier molecular flexibility index (Phi) is 3.71. The SMILES string of the molecule is CNc1cc(NCC2(O)CCC2)nc(C(C)C)n1. The fourth-order valence-electron chi connectivity index (χ4n) is 1.96. The van der Waals surface area contributed by atoms with Gasteiger partial charge in [0.05, 0.1) is 5.60 Å². The number of hydrogen-bond acceptors (Lipinski definition) is 5. The molecule has 3 N–H and O–H groups in total. The number of anilines is 2. The van der Waals surface area contributed by atoms with E-state index >= 15 is 0 Å². The van der Waals surface area contributed by atoms with Gasteiger partial charge in [0, 0.05) is 25.6 Å². The number of aromatic nitrogens is 2. The second-order valence-corrected chi connectivity index (χ2v) is 5.33. The summed E-state index contributed by atoms with van der Waals surface area (Å²) in [5.41, 5.74) is -0.539. The van der Waals surface area contributed by atoms with E-state index in [1.165, 1.54) is 0 Å². The van der Waals surface area contributed by atoms with Crippen LogP contribution in [-0.2, 0) is 0 Å². The third-order valence-corrected chi connectivity index (χ3v) is 3.40. The predicted molar refractivity (Wildman–Crippen MR) is 73.0 cm³/mol. The van der Waals surface area contributed by atoms with Crippen LogP contribution in [0.25, 0.3) is 0 Å². The zero-order valence-corrected chi connectivity index (χ0v) is 11.3. The predicted octanol–water partition coefficient (Wildman–Crippen LogP) is 1.97. The molecule has 0 saturated heterocycles. The van der Waals surface area contributed by atoms with Crippen LogP contribution in [0.3, 0.4) is 0 Å². The van der Waals surface area contributed by atoms with Crippen LogP contribution in [0.5, 0.6) is 0 Å². The van der Waals surface area contributed by atoms with E-state index in [-0.39, 0.29) is 5.92 Å². The standard InChI is InChI=1S/C13H22N4O/c1-9(2)12-16-10(14-3)7-11(17-12)15-8-13(18)5-4-6-13/h7,9,18H,4-6,8H2,1-3H3,(H2,14,15,16,17). The Morgan fingerprint density at radius 2 is 2.00 bits per heavy atom. The molecule has 1 aliphatic rings. The molecule has 18 heavy (non-hydrogen) atoms. The fourth-order valence-corrected chi connectivity index (χ4v) is 1.96. The van der Waals surface area contributed by atoms with Crippen LogP contribution in [0.15, 0.2) is 6.07 Å². The summed E-state index contributed by atoms with van der Waals surface area (Å²) in [6.45, 7) is 4.70. The first kappa shape index (κ1) is 13.1. The van der Waals surface area contributed by atoms with Gasteiger partial charge in [0.2, 0.25) is 0 Å². The van der Waals surface area contributed by atoms with E-state index in [2.05, 4.69) is 34.4 Å². The van der Waals surface area contributed by atoms with Crippen LogP contribution in [0.4, 0.5) is 11.6 Å². The molecule has 0 atom stereocenters. The van der Waals surface area contributed by atoms with Crippen LogP contribution in [-0.4, -0.2) is 34.3 Å². The van der Waals surface area contributed by atoms with Gasteiger partial charge >= 0.3 is 0 Å². The maximum atomic E-state index is 10.1. The molecule has 1 aromatic rings. The highest BCUT2D eigenvalue weighted by atomic mass is 16.3. The number of rotatable bonds is 5. The number of aliphatic hydroxyl groups is 1. The van der Waals surface area contributed by atoms with Gasteiger partial charge in [-0.3, -0.25) is 0 Å². The van der Waals surface area contributed by atoms with E-state index < -0.39 is 5.60 Å². The molecule has 0 aromatic carbocycles. The molecule has 5 heteroatoms. The number of nitrogens with one attached hydrogen (secondary N) is 2. The Morgan fingerprint density at radius 3 is 2.50 bits per heavy atom. The summed E-state index contributed by atoms with van der Waals surface area (Å²) < 4.78 is 0. The lowest BCUT2D eigenvalue weighted by molar-refractivity contribution is -0.0202. The van der Waals surface area contributed by atoms with Crippen molar-refractivity contribution < 1.29 is 5.11 Å². The zero-order chi connectivity index (χ0) is 13.2. The van der Waals surface area contributed by atoms with Gasteiger partial charge in [-0.15, -0.1) is 0 Å². The van der Waals surface area contributed by atoms with Gasteiger partial charge in [0.15, 0.2) is 0 Å². The van der Waals surface area contributed by atoms with E-state index in [0.717, 1.165) is 36.7 Å². The summed E-state index contributed by atoms with van der Waals surface area (Å²) in [4.78, 5) is 8.87. The maximum absolute atomic E-state index is 10.1. The van der Waals surface area contributed by atoms with E-state index in [1.54, 1.807) is 0 Å². The first-order valence-corrected chi connectivity index (χ1v) is 6.55. The summed E-state index contributed by atoms with van der Waals surface area (Å²) in [5.74, 6) is 2.67. The number of nitrogens with zero attached hydrogens (tertiary/aromatic N) is 2. The van der Waals surface area contributed by atoms with Crippen LogP contribution >= 0.6 is 0 Å². The van der Waals surface area contributed by atoms with Gasteiger partial charge in [0.25, 0.3) is 0 Å². The monoisotopic (exact) mass is 250 g/mol. The lowest BCUT2D eigenvalue weighted by Gasteiger charge is -2.36. The third kappa shape index (κ3) is 2.90. The molecule has 1 saturated carbocycles. The molecule has 1 aliphatic carbocycles. The van der Waals surface area contributed by atoms with E-state index in [4.69, 9.17) is 0 Å². The quantitative estimate of drug-likeness (QED) is 0.745. The second-order valence-electron chi connectivity index (χ2n) is 5.33. The molecular formula is C13H22N4O. The molecule has 1 fully saturated rings. The van der Waals surface area contributed by atoms with Gasteiger partial charge in [0.1, 0.15) is 17.5 Å². The van der Waals surface area contributed by atoms with E-state index in [1.807, 2.05) is 13.1 Å². The lowest BCUT2D eigenvalue weighted by Crippen LogP contribution is -2.43. The molecule has 0 bridgehead atoms. The van der Waals surface area contributed by atoms with Crippen molar-refractivity contribution in [2.75, 3.05) is 24.2 Å². The van der Waals surface area contributed by atoms with Crippen molar-refractivity contribution in [2.45, 2.75) is 44.6 Å². The second kappa shape index (κ2) is 5.10. The normalized spacial score (nSPS) is 17.4. The molecule has 0 aliphatic heterocycles. The Morgan fingerprint density at radius 1 is 1.33 bits per heavy atom. The minimum Gasteiger partial charge on any atom is -0.388 e. The summed E-state index contributed by atoms with van der Waals surface area (Å²) in [5, 5.41) is 16.3. The van der Waals surface area contributed by atoms with Crippen molar-refractivity contribution in [2.24, 2.45) is 0 Å². The van der Waals surface area contributed by atoms with Gasteiger partial charge in [-0.05, 0) is 19.3 Å². The van der Waals surface area contributed by atoms with E-state index in [0.29, 0.717) is 6.54 Å². The molecule has 2 rings (SSSR count). The molecule has 0 spiro atoms. The van der Waals surface area contributed by atoms with Crippen molar-refractivity contribution in [1.82, 2.24) is 9.97 Å². The molecule has 100 valence electrons. The topological polar surface area (TPSA) is 70.1 Å². The van der Waals surface area contributed by atoms with Gasteiger partial charge in [-0.1, -0.05) is 13.8 Å². The summed E-state index contributed by atoms with van der Waals surface area (Å²) in [6, 6.07) is 1.87. The van der Waals surface area contributed by atoms with Crippen molar-refractivity contribution in [1.29, 1.82) is 0 Å². The average molecular weight is 250 g/mol. The Balaban J connectivity index is 2.08. The lowest BCUT2D eigenvalue weighted by atomic mass is 9.80. The Bertz CT molecular complexity index is 415. The number of hydrogen-bond donors (Lipinski definition) is 3. The zero-order valence-electron chi connectivity index (χ0n) is 11.3. The highest BCUT2D eigenvalue weighted by Crippen LogP contribution is 2.31. The molecule has 1 heterocycles. The van der Waals surface area contributed by atoms with Crippen LogP contribution in [0.1, 0.15) is 44.9 Å². The minimum atomic E-state index is -0.539. The average Bonchev–Trinajstić information content (AvgIpc) is 2.33. The molecule has 1 aromatic heterocycles. The molecule has 0 radical (unpaired) electrons. The first-order chi connectivity index (χ1) is 8.52. The highest BCUT2D eigenvalue weighted by Gasteiger charge is 2.34. The van der Waals surface area contributed by atoms with Crippen molar-refractivity contribution in [3.63, 3.8) is 0 Å². The van der Waals surface area contributed by atoms with Crippen molar-refractivity contribution in [3.05, 3.63) is 11.9 Å². The highest BCUT2D eigenvalue weighted by molar-refractivity contribution is 5.47. The largest absolute Gasteiger partial charge is 0.388 e. The van der Waals surface area contributed by atoms with Crippen molar-refractivity contribution >= 4 is 11.6 Å². The molecular weight excluding hydrogens is 228 g/mol. The Labute approximate surface area is 108 Å². The molecule has 0 unspecified atom stereocenters. The van der Waals surface area contributed by atoms with Crippen LogP contribution in [0.2, 0.25) is 0 Å². The Hall–Kier alpha value is -1.36. The maximum Gasteiger partial charge on any atom is 0.135 e. The minimum absolute atomic E-state index is 0.283. The molecule has 0 amide bonds. The fraction of sp³-hybridized carbons (Fsp3) is 0.692. The summed E-state index contributed by atoms with van der Waals surface area (Å²) in [7, 11) is 1.84. The third-order valence-electron chi connectivity index (χ3n) is 3.40. The molecule has 5 nitrogen and oxygen atoms in total. The van der Waals surface area contributed by atoms with Gasteiger partial charge < -0.3 is 15.7 Å². The smallest absolute Gasteiger partial charge is 0.135 e.